The zero-order valence-corrected chi connectivity index (χ0v) is 5.74. The van der Waals surface area contributed by atoms with E-state index in [9.17, 15) is 9.18 Å². The van der Waals surface area contributed by atoms with Crippen LogP contribution in [0.15, 0.2) is 12.3 Å². The molecule has 0 saturated carbocycles. The van der Waals surface area contributed by atoms with Gasteiger partial charge in [-0.15, -0.1) is 0 Å². The Balaban J connectivity index is 2.96. The molecular formula is C6H5FN2O2. The van der Waals surface area contributed by atoms with E-state index in [1.165, 1.54) is 13.2 Å². The molecule has 0 bridgehead atoms. The highest BCUT2D eigenvalue weighted by atomic mass is 19.1. The lowest BCUT2D eigenvalue weighted by molar-refractivity contribution is 0.0592. The smallest absolute Gasteiger partial charge is 0.356 e. The molecule has 1 rings (SSSR count). The van der Waals surface area contributed by atoms with Gasteiger partial charge in [0.25, 0.3) is 0 Å². The van der Waals surface area contributed by atoms with Gasteiger partial charge in [0, 0.05) is 6.20 Å². The standard InChI is InChI=1S/C6H5FN2O2/c1-11-5(10)4-2-3-8-6(7)9-4/h2-3H,1H3. The van der Waals surface area contributed by atoms with E-state index in [4.69, 9.17) is 0 Å². The second-order valence-corrected chi connectivity index (χ2v) is 1.70. The number of carbonyl (C=O) groups excluding carboxylic acids is 1. The Morgan fingerprint density at radius 2 is 2.45 bits per heavy atom. The van der Waals surface area contributed by atoms with Crippen LogP contribution < -0.4 is 0 Å². The van der Waals surface area contributed by atoms with E-state index in [0.717, 1.165) is 6.20 Å². The van der Waals surface area contributed by atoms with Crippen molar-refractivity contribution in [1.82, 2.24) is 9.97 Å². The molecule has 11 heavy (non-hydrogen) atoms. The molecule has 0 unspecified atom stereocenters. The average molecular weight is 156 g/mol. The number of nitrogens with zero attached hydrogens (tertiary/aromatic N) is 2. The van der Waals surface area contributed by atoms with Crippen molar-refractivity contribution < 1.29 is 13.9 Å². The van der Waals surface area contributed by atoms with Crippen LogP contribution in [0.3, 0.4) is 0 Å². The molecule has 0 saturated heterocycles. The molecule has 0 aliphatic heterocycles. The third-order valence-corrected chi connectivity index (χ3v) is 1.02. The van der Waals surface area contributed by atoms with Crippen molar-refractivity contribution in [3.63, 3.8) is 0 Å². The van der Waals surface area contributed by atoms with Crippen molar-refractivity contribution in [2.24, 2.45) is 0 Å². The first-order valence-corrected chi connectivity index (χ1v) is 2.81. The van der Waals surface area contributed by atoms with E-state index in [-0.39, 0.29) is 5.69 Å². The number of carbonyl (C=O) groups is 1. The molecule has 0 atom stereocenters. The first kappa shape index (κ1) is 7.59. The lowest BCUT2D eigenvalue weighted by Gasteiger charge is -1.95. The molecule has 0 spiro atoms. The molecule has 1 aromatic heterocycles. The maximum Gasteiger partial charge on any atom is 0.356 e. The van der Waals surface area contributed by atoms with Gasteiger partial charge in [-0.1, -0.05) is 0 Å². The van der Waals surface area contributed by atoms with Crippen molar-refractivity contribution in [3.8, 4) is 0 Å². The zero-order valence-electron chi connectivity index (χ0n) is 5.74. The van der Waals surface area contributed by atoms with Crippen molar-refractivity contribution >= 4 is 5.97 Å². The zero-order chi connectivity index (χ0) is 8.27. The van der Waals surface area contributed by atoms with Crippen LogP contribution >= 0.6 is 0 Å². The van der Waals surface area contributed by atoms with E-state index < -0.39 is 12.0 Å². The summed E-state index contributed by atoms with van der Waals surface area (Å²) in [7, 11) is 1.20. The highest BCUT2D eigenvalue weighted by Gasteiger charge is 2.06. The van der Waals surface area contributed by atoms with Gasteiger partial charge in [-0.05, 0) is 6.07 Å². The summed E-state index contributed by atoms with van der Waals surface area (Å²) in [6, 6.07) is 1.27. The van der Waals surface area contributed by atoms with Gasteiger partial charge in [0.1, 0.15) is 0 Å². The van der Waals surface area contributed by atoms with E-state index in [1.807, 2.05) is 0 Å². The second kappa shape index (κ2) is 3.05. The van der Waals surface area contributed by atoms with Crippen LogP contribution in [0, 0.1) is 6.08 Å². The van der Waals surface area contributed by atoms with Gasteiger partial charge in [0.2, 0.25) is 0 Å². The summed E-state index contributed by atoms with van der Waals surface area (Å²) in [5.41, 5.74) is -0.0833. The van der Waals surface area contributed by atoms with Crippen LogP contribution in [0.25, 0.3) is 0 Å². The summed E-state index contributed by atoms with van der Waals surface area (Å²) < 4.78 is 16.5. The van der Waals surface area contributed by atoms with Crippen molar-refractivity contribution in [2.45, 2.75) is 0 Å². The fourth-order valence-corrected chi connectivity index (χ4v) is 0.553. The minimum absolute atomic E-state index is 0.0833. The topological polar surface area (TPSA) is 52.1 Å². The van der Waals surface area contributed by atoms with Gasteiger partial charge in [-0.3, -0.25) is 0 Å². The first-order chi connectivity index (χ1) is 5.24. The summed E-state index contributed by atoms with van der Waals surface area (Å²) in [6.45, 7) is 0. The number of rotatable bonds is 1. The molecule has 0 aliphatic rings. The molecule has 0 radical (unpaired) electrons. The second-order valence-electron chi connectivity index (χ2n) is 1.70. The molecule has 0 aromatic carbocycles. The predicted molar refractivity (Wildman–Crippen MR) is 33.3 cm³/mol. The summed E-state index contributed by atoms with van der Waals surface area (Å²) in [5.74, 6) is -0.675. The Labute approximate surface area is 62.0 Å². The SMILES string of the molecule is COC(=O)c1ccnc(F)n1. The van der Waals surface area contributed by atoms with Crippen LogP contribution in [0.2, 0.25) is 0 Å². The number of halogens is 1. The highest BCUT2D eigenvalue weighted by Crippen LogP contribution is 1.95. The van der Waals surface area contributed by atoms with Gasteiger partial charge >= 0.3 is 12.0 Å². The van der Waals surface area contributed by atoms with Crippen LogP contribution in [-0.4, -0.2) is 23.0 Å². The molecule has 5 heteroatoms. The summed E-state index contributed by atoms with van der Waals surface area (Å²) in [6.07, 6.45) is 0.210. The first-order valence-electron chi connectivity index (χ1n) is 2.81. The van der Waals surface area contributed by atoms with Gasteiger partial charge < -0.3 is 4.74 Å². The third-order valence-electron chi connectivity index (χ3n) is 1.02. The monoisotopic (exact) mass is 156 g/mol. The Kier molecular flexibility index (Phi) is 2.10. The maximum atomic E-state index is 12.2. The van der Waals surface area contributed by atoms with Crippen LogP contribution in [0.1, 0.15) is 10.5 Å². The quantitative estimate of drug-likeness (QED) is 0.436. The molecular weight excluding hydrogens is 151 g/mol. The van der Waals surface area contributed by atoms with Gasteiger partial charge in [0.05, 0.1) is 7.11 Å². The van der Waals surface area contributed by atoms with Gasteiger partial charge in [-0.2, -0.15) is 9.37 Å². The highest BCUT2D eigenvalue weighted by molar-refractivity contribution is 5.86. The predicted octanol–water partition coefficient (Wildman–Crippen LogP) is 0.402. The van der Waals surface area contributed by atoms with Gasteiger partial charge in [-0.25, -0.2) is 9.78 Å². The summed E-state index contributed by atoms with van der Waals surface area (Å²) in [5, 5.41) is 0. The molecule has 0 N–H and O–H groups in total. The summed E-state index contributed by atoms with van der Waals surface area (Å²) >= 11 is 0. The number of hydrogen-bond acceptors (Lipinski definition) is 4. The number of hydrogen-bond donors (Lipinski definition) is 0. The van der Waals surface area contributed by atoms with Crippen molar-refractivity contribution in [2.75, 3.05) is 7.11 Å². The Hall–Kier alpha value is -1.52. The van der Waals surface area contributed by atoms with E-state index >= 15 is 0 Å². The number of esters is 1. The number of ether oxygens (including phenoxy) is 1. The van der Waals surface area contributed by atoms with Gasteiger partial charge in [0.15, 0.2) is 5.69 Å². The molecule has 1 heterocycles. The lowest BCUT2D eigenvalue weighted by Crippen LogP contribution is -2.05. The molecule has 1 aromatic rings. The fraction of sp³-hybridized carbons (Fsp3) is 0.167. The molecule has 58 valence electrons. The van der Waals surface area contributed by atoms with Crippen LogP contribution in [0.5, 0.6) is 0 Å². The third kappa shape index (κ3) is 1.70. The van der Waals surface area contributed by atoms with Crippen LogP contribution in [0.4, 0.5) is 4.39 Å². The normalized spacial score (nSPS) is 9.27. The van der Waals surface area contributed by atoms with Crippen LogP contribution in [-0.2, 0) is 4.74 Å². The Morgan fingerprint density at radius 3 is 3.00 bits per heavy atom. The molecule has 0 amide bonds. The molecule has 4 nitrogen and oxygen atoms in total. The summed E-state index contributed by atoms with van der Waals surface area (Å²) in [4.78, 5) is 17.0. The molecule has 0 aliphatic carbocycles. The van der Waals surface area contributed by atoms with Crippen molar-refractivity contribution in [1.29, 1.82) is 0 Å². The minimum Gasteiger partial charge on any atom is -0.464 e. The maximum absolute atomic E-state index is 12.2. The Morgan fingerprint density at radius 1 is 1.73 bits per heavy atom. The largest absolute Gasteiger partial charge is 0.464 e. The average Bonchev–Trinajstić information content (AvgIpc) is 2.03. The number of methoxy groups -OCH3 is 1. The lowest BCUT2D eigenvalue weighted by atomic mass is 10.4. The Bertz CT molecular complexity index is 277. The minimum atomic E-state index is -0.937. The fourth-order valence-electron chi connectivity index (χ4n) is 0.553. The number of aromatic nitrogens is 2. The van der Waals surface area contributed by atoms with Crippen molar-refractivity contribution in [3.05, 3.63) is 24.0 Å². The molecule has 0 fully saturated rings. The van der Waals surface area contributed by atoms with E-state index in [1.54, 1.807) is 0 Å². The van der Waals surface area contributed by atoms with E-state index in [2.05, 4.69) is 14.7 Å². The van der Waals surface area contributed by atoms with E-state index in [0.29, 0.717) is 0 Å².